The average molecular weight is 345 g/mol. The highest BCUT2D eigenvalue weighted by molar-refractivity contribution is 7.92. The van der Waals surface area contributed by atoms with Crippen molar-refractivity contribution >= 4 is 15.7 Å². The molecule has 0 N–H and O–H groups in total. The molecule has 4 nitrogen and oxygen atoms in total. The zero-order chi connectivity index (χ0) is 17.0. The summed E-state index contributed by atoms with van der Waals surface area (Å²) in [7, 11) is -3.55. The topological polar surface area (TPSA) is 46.6 Å². The standard InChI is InChI=1S/C19H23NO3S/c1-2-20(24(21,22)19-10-4-3-5-11-19)16-12-14-18(15-13-16)23-17-8-6-7-9-17/h3-5,10-15,17H,2,6-9H2,1H3. The second-order valence-electron chi connectivity index (χ2n) is 6.00. The highest BCUT2D eigenvalue weighted by Crippen LogP contribution is 2.28. The van der Waals surface area contributed by atoms with Gasteiger partial charge in [0, 0.05) is 6.54 Å². The second kappa shape index (κ2) is 7.26. The van der Waals surface area contributed by atoms with Gasteiger partial charge in [-0.25, -0.2) is 8.42 Å². The molecule has 0 aliphatic heterocycles. The van der Waals surface area contributed by atoms with Crippen LogP contribution in [0.2, 0.25) is 0 Å². The lowest BCUT2D eigenvalue weighted by atomic mass is 10.2. The molecule has 2 aromatic carbocycles. The van der Waals surface area contributed by atoms with Crippen molar-refractivity contribution in [2.24, 2.45) is 0 Å². The van der Waals surface area contributed by atoms with Gasteiger partial charge in [0.15, 0.2) is 0 Å². The van der Waals surface area contributed by atoms with E-state index in [0.717, 1.165) is 18.6 Å². The molecule has 3 rings (SSSR count). The van der Waals surface area contributed by atoms with Crippen molar-refractivity contribution in [2.75, 3.05) is 10.8 Å². The zero-order valence-corrected chi connectivity index (χ0v) is 14.7. The van der Waals surface area contributed by atoms with Gasteiger partial charge in [-0.3, -0.25) is 4.31 Å². The largest absolute Gasteiger partial charge is 0.490 e. The molecule has 0 amide bonds. The summed E-state index contributed by atoms with van der Waals surface area (Å²) in [5.41, 5.74) is 0.653. The fourth-order valence-corrected chi connectivity index (χ4v) is 4.60. The van der Waals surface area contributed by atoms with Gasteiger partial charge in [0.2, 0.25) is 0 Å². The van der Waals surface area contributed by atoms with E-state index >= 15 is 0 Å². The number of ether oxygens (including phenoxy) is 1. The summed E-state index contributed by atoms with van der Waals surface area (Å²) < 4.78 is 33.0. The quantitative estimate of drug-likeness (QED) is 0.787. The molecular weight excluding hydrogens is 322 g/mol. The van der Waals surface area contributed by atoms with E-state index in [9.17, 15) is 8.42 Å². The van der Waals surface area contributed by atoms with Crippen molar-refractivity contribution in [3.05, 3.63) is 54.6 Å². The number of nitrogens with zero attached hydrogens (tertiary/aromatic N) is 1. The first-order chi connectivity index (χ1) is 11.6. The van der Waals surface area contributed by atoms with E-state index in [1.54, 1.807) is 24.3 Å². The zero-order valence-electron chi connectivity index (χ0n) is 13.9. The van der Waals surface area contributed by atoms with Gasteiger partial charge in [0.25, 0.3) is 10.0 Å². The van der Waals surface area contributed by atoms with E-state index in [4.69, 9.17) is 4.74 Å². The summed E-state index contributed by atoms with van der Waals surface area (Å²) in [6.45, 7) is 2.21. The maximum atomic E-state index is 12.8. The van der Waals surface area contributed by atoms with Crippen molar-refractivity contribution in [1.82, 2.24) is 0 Å². The molecule has 0 radical (unpaired) electrons. The molecule has 0 spiro atoms. The molecule has 0 aromatic heterocycles. The van der Waals surface area contributed by atoms with Crippen LogP contribution < -0.4 is 9.04 Å². The number of anilines is 1. The fourth-order valence-electron chi connectivity index (χ4n) is 3.10. The Bertz CT molecular complexity index is 751. The van der Waals surface area contributed by atoms with E-state index in [2.05, 4.69) is 0 Å². The van der Waals surface area contributed by atoms with Crippen LogP contribution in [0, 0.1) is 0 Å². The van der Waals surface area contributed by atoms with E-state index in [0.29, 0.717) is 23.2 Å². The highest BCUT2D eigenvalue weighted by atomic mass is 32.2. The lowest BCUT2D eigenvalue weighted by molar-refractivity contribution is 0.210. The van der Waals surface area contributed by atoms with Gasteiger partial charge in [0.1, 0.15) is 5.75 Å². The SMILES string of the molecule is CCN(c1ccc(OC2CCCC2)cc1)S(=O)(=O)c1ccccc1. The summed E-state index contributed by atoms with van der Waals surface area (Å²) in [6, 6.07) is 15.9. The average Bonchev–Trinajstić information content (AvgIpc) is 3.11. The predicted octanol–water partition coefficient (Wildman–Crippen LogP) is 4.22. The molecule has 0 heterocycles. The number of rotatable bonds is 6. The minimum Gasteiger partial charge on any atom is -0.490 e. The molecule has 1 aliphatic carbocycles. The molecule has 1 aliphatic rings. The van der Waals surface area contributed by atoms with Gasteiger partial charge in [0.05, 0.1) is 16.7 Å². The Hall–Kier alpha value is -2.01. The van der Waals surface area contributed by atoms with Crippen LogP contribution in [0.3, 0.4) is 0 Å². The first-order valence-electron chi connectivity index (χ1n) is 8.46. The monoisotopic (exact) mass is 345 g/mol. The van der Waals surface area contributed by atoms with E-state index < -0.39 is 10.0 Å². The Morgan fingerprint density at radius 1 is 1.00 bits per heavy atom. The van der Waals surface area contributed by atoms with E-state index in [-0.39, 0.29) is 0 Å². The highest BCUT2D eigenvalue weighted by Gasteiger charge is 2.23. The van der Waals surface area contributed by atoms with Crippen LogP contribution in [0.25, 0.3) is 0 Å². The van der Waals surface area contributed by atoms with Crippen LogP contribution in [-0.4, -0.2) is 21.1 Å². The Morgan fingerprint density at radius 3 is 2.21 bits per heavy atom. The van der Waals surface area contributed by atoms with Gasteiger partial charge in [-0.05, 0) is 69.0 Å². The number of sulfonamides is 1. The molecular formula is C19H23NO3S. The third kappa shape index (κ3) is 3.56. The Morgan fingerprint density at radius 2 is 1.62 bits per heavy atom. The summed E-state index contributed by atoms with van der Waals surface area (Å²) >= 11 is 0. The molecule has 128 valence electrons. The van der Waals surface area contributed by atoms with E-state index in [1.165, 1.54) is 17.1 Å². The molecule has 0 saturated heterocycles. The van der Waals surface area contributed by atoms with E-state index in [1.807, 2.05) is 37.3 Å². The van der Waals surface area contributed by atoms with Gasteiger partial charge >= 0.3 is 0 Å². The van der Waals surface area contributed by atoms with Crippen molar-refractivity contribution in [2.45, 2.75) is 43.6 Å². The number of benzene rings is 2. The maximum Gasteiger partial charge on any atom is 0.264 e. The first-order valence-corrected chi connectivity index (χ1v) is 9.90. The lowest BCUT2D eigenvalue weighted by Gasteiger charge is -2.23. The number of hydrogen-bond acceptors (Lipinski definition) is 3. The lowest BCUT2D eigenvalue weighted by Crippen LogP contribution is -2.30. The Balaban J connectivity index is 1.80. The Labute approximate surface area is 144 Å². The Kier molecular flexibility index (Phi) is 5.09. The van der Waals surface area contributed by atoms with Crippen LogP contribution in [0.1, 0.15) is 32.6 Å². The van der Waals surface area contributed by atoms with Crippen LogP contribution in [-0.2, 0) is 10.0 Å². The van der Waals surface area contributed by atoms with Crippen molar-refractivity contribution in [1.29, 1.82) is 0 Å². The third-order valence-electron chi connectivity index (χ3n) is 4.35. The molecule has 1 saturated carbocycles. The molecule has 2 aromatic rings. The smallest absolute Gasteiger partial charge is 0.264 e. The molecule has 0 atom stereocenters. The minimum atomic E-state index is -3.55. The molecule has 5 heteroatoms. The minimum absolute atomic E-state index is 0.297. The summed E-state index contributed by atoms with van der Waals surface area (Å²) in [6.07, 6.45) is 4.95. The molecule has 24 heavy (non-hydrogen) atoms. The number of hydrogen-bond donors (Lipinski definition) is 0. The maximum absolute atomic E-state index is 12.8. The normalized spacial score (nSPS) is 15.4. The summed E-state index contributed by atoms with van der Waals surface area (Å²) in [5, 5.41) is 0. The van der Waals surface area contributed by atoms with Crippen molar-refractivity contribution < 1.29 is 13.2 Å². The van der Waals surface area contributed by atoms with Crippen molar-refractivity contribution in [3.63, 3.8) is 0 Å². The fraction of sp³-hybridized carbons (Fsp3) is 0.368. The van der Waals surface area contributed by atoms with Gasteiger partial charge in [-0.15, -0.1) is 0 Å². The van der Waals surface area contributed by atoms with Gasteiger partial charge in [-0.2, -0.15) is 0 Å². The van der Waals surface area contributed by atoms with Crippen LogP contribution in [0.5, 0.6) is 5.75 Å². The van der Waals surface area contributed by atoms with Crippen LogP contribution in [0.15, 0.2) is 59.5 Å². The van der Waals surface area contributed by atoms with Crippen LogP contribution >= 0.6 is 0 Å². The third-order valence-corrected chi connectivity index (χ3v) is 6.27. The molecule has 0 bridgehead atoms. The predicted molar refractivity (Wildman–Crippen MR) is 96.0 cm³/mol. The van der Waals surface area contributed by atoms with Gasteiger partial charge < -0.3 is 4.74 Å². The molecule has 0 unspecified atom stereocenters. The second-order valence-corrected chi connectivity index (χ2v) is 7.86. The summed E-state index contributed by atoms with van der Waals surface area (Å²) in [4.78, 5) is 0.304. The summed E-state index contributed by atoms with van der Waals surface area (Å²) in [5.74, 6) is 0.804. The molecule has 1 fully saturated rings. The van der Waals surface area contributed by atoms with Crippen molar-refractivity contribution in [3.8, 4) is 5.75 Å². The first kappa shape index (κ1) is 16.8. The van der Waals surface area contributed by atoms with Gasteiger partial charge in [-0.1, -0.05) is 18.2 Å². The van der Waals surface area contributed by atoms with Crippen LogP contribution in [0.4, 0.5) is 5.69 Å².